The Morgan fingerprint density at radius 2 is 2.14 bits per heavy atom. The highest BCUT2D eigenvalue weighted by atomic mass is 14.1. The summed E-state index contributed by atoms with van der Waals surface area (Å²) in [5, 5.41) is 0. The van der Waals surface area contributed by atoms with Gasteiger partial charge >= 0.3 is 0 Å². The van der Waals surface area contributed by atoms with E-state index in [2.05, 4.69) is 56.0 Å². The molecule has 70 valence electrons. The van der Waals surface area contributed by atoms with E-state index in [0.29, 0.717) is 5.92 Å². The molecule has 0 unspecified atom stereocenters. The molecular formula is C14H14. The number of benzene rings is 1. The second-order valence-electron chi connectivity index (χ2n) is 3.94. The summed E-state index contributed by atoms with van der Waals surface area (Å²) in [6, 6.07) is 6.47. The van der Waals surface area contributed by atoms with Crippen molar-refractivity contribution in [2.24, 2.45) is 5.92 Å². The molecular weight excluding hydrogens is 168 g/mol. The minimum absolute atomic E-state index is 0.443. The van der Waals surface area contributed by atoms with Gasteiger partial charge in [0.05, 0.1) is 0 Å². The molecule has 0 bridgehead atoms. The Hall–Kier alpha value is -1.48. The molecule has 0 heterocycles. The van der Waals surface area contributed by atoms with Gasteiger partial charge in [0.25, 0.3) is 0 Å². The molecule has 1 aromatic carbocycles. The number of fused-ring (bicyclic) bond motifs is 1. The molecule has 0 radical (unpaired) electrons. The summed E-state index contributed by atoms with van der Waals surface area (Å²) in [5.74, 6) is 6.81. The van der Waals surface area contributed by atoms with E-state index in [0.717, 1.165) is 12.0 Å². The second-order valence-corrected chi connectivity index (χ2v) is 3.94. The van der Waals surface area contributed by atoms with Gasteiger partial charge in [-0.3, -0.25) is 0 Å². The second kappa shape index (κ2) is 3.72. The van der Waals surface area contributed by atoms with Crippen LogP contribution in [-0.4, -0.2) is 0 Å². The van der Waals surface area contributed by atoms with Crippen LogP contribution in [0.4, 0.5) is 0 Å². The highest BCUT2D eigenvalue weighted by Crippen LogP contribution is 2.20. The third-order valence-corrected chi connectivity index (χ3v) is 2.29. The lowest BCUT2D eigenvalue weighted by atomic mass is 10.1. The summed E-state index contributed by atoms with van der Waals surface area (Å²) in [7, 11) is 0. The van der Waals surface area contributed by atoms with Gasteiger partial charge in [-0.1, -0.05) is 43.9 Å². The number of rotatable bonds is 0. The van der Waals surface area contributed by atoms with Gasteiger partial charge in [-0.15, -0.1) is 0 Å². The molecule has 0 heteroatoms. The van der Waals surface area contributed by atoms with E-state index in [1.165, 1.54) is 11.1 Å². The number of hydrogen-bond acceptors (Lipinski definition) is 0. The summed E-state index contributed by atoms with van der Waals surface area (Å²) in [5.41, 5.74) is 3.88. The molecule has 0 aliphatic heterocycles. The van der Waals surface area contributed by atoms with Crippen molar-refractivity contribution in [3.8, 4) is 11.8 Å². The summed E-state index contributed by atoms with van der Waals surface area (Å²) < 4.78 is 0. The fraction of sp³-hybridized carbons (Fsp3) is 0.286. The van der Waals surface area contributed by atoms with Crippen molar-refractivity contribution < 1.29 is 0 Å². The molecule has 0 saturated heterocycles. The normalized spacial score (nSPS) is 12.5. The Morgan fingerprint density at radius 1 is 1.29 bits per heavy atom. The topological polar surface area (TPSA) is 0 Å². The summed E-state index contributed by atoms with van der Waals surface area (Å²) in [4.78, 5) is 0. The van der Waals surface area contributed by atoms with E-state index in [9.17, 15) is 0 Å². The Kier molecular flexibility index (Phi) is 2.41. The molecule has 1 aliphatic carbocycles. The lowest BCUT2D eigenvalue weighted by Crippen LogP contribution is -1.84. The third kappa shape index (κ3) is 1.88. The van der Waals surface area contributed by atoms with E-state index in [1.807, 2.05) is 0 Å². The molecule has 0 fully saturated rings. The monoisotopic (exact) mass is 182 g/mol. The van der Waals surface area contributed by atoms with Crippen molar-refractivity contribution >= 4 is 6.08 Å². The van der Waals surface area contributed by atoms with Crippen molar-refractivity contribution in [1.82, 2.24) is 0 Å². The zero-order valence-corrected chi connectivity index (χ0v) is 8.67. The fourth-order valence-electron chi connectivity index (χ4n) is 1.55. The highest BCUT2D eigenvalue weighted by molar-refractivity contribution is 5.62. The van der Waals surface area contributed by atoms with Crippen LogP contribution in [0.1, 0.15) is 30.5 Å². The minimum atomic E-state index is 0.443. The average Bonchev–Trinajstić information content (AvgIpc) is 2.61. The predicted octanol–water partition coefficient (Wildman–Crippen LogP) is 3.26. The van der Waals surface area contributed by atoms with Gasteiger partial charge in [0, 0.05) is 11.5 Å². The van der Waals surface area contributed by atoms with Crippen molar-refractivity contribution in [1.29, 1.82) is 0 Å². The number of hydrogen-bond donors (Lipinski definition) is 0. The van der Waals surface area contributed by atoms with Gasteiger partial charge in [-0.2, -0.15) is 0 Å². The number of allylic oxidation sites excluding steroid dienone is 1. The van der Waals surface area contributed by atoms with E-state index in [-0.39, 0.29) is 0 Å². The van der Waals surface area contributed by atoms with Crippen LogP contribution >= 0.6 is 0 Å². The predicted molar refractivity (Wildman–Crippen MR) is 60.9 cm³/mol. The zero-order chi connectivity index (χ0) is 9.97. The highest BCUT2D eigenvalue weighted by Gasteiger charge is 2.03. The van der Waals surface area contributed by atoms with Gasteiger partial charge in [-0.25, -0.2) is 0 Å². The van der Waals surface area contributed by atoms with E-state index < -0.39 is 0 Å². The van der Waals surface area contributed by atoms with E-state index in [1.54, 1.807) is 0 Å². The Balaban J connectivity index is 2.30. The van der Waals surface area contributed by atoms with Crippen molar-refractivity contribution in [3.63, 3.8) is 0 Å². The lowest BCUT2D eigenvalue weighted by molar-refractivity contribution is 0.866. The maximum atomic E-state index is 3.19. The van der Waals surface area contributed by atoms with E-state index in [4.69, 9.17) is 0 Å². The standard InChI is InChI=1S/C14H14/c1-11(2)6-7-12-8-9-13-4-3-5-14(13)10-12/h3,5,8-11H,4H2,1-2H3. The molecule has 0 saturated carbocycles. The van der Waals surface area contributed by atoms with Crippen LogP contribution in [0.15, 0.2) is 24.3 Å². The molecule has 0 amide bonds. The Labute approximate surface area is 85.7 Å². The van der Waals surface area contributed by atoms with E-state index >= 15 is 0 Å². The van der Waals surface area contributed by atoms with Crippen LogP contribution in [-0.2, 0) is 6.42 Å². The SMILES string of the molecule is CC(C)C#Cc1ccc2c(c1)C=CC2. The Bertz CT molecular complexity index is 425. The summed E-state index contributed by atoms with van der Waals surface area (Å²) >= 11 is 0. The molecule has 1 aromatic rings. The first-order valence-electron chi connectivity index (χ1n) is 5.07. The molecule has 0 spiro atoms. The first kappa shape index (κ1) is 9.09. The molecule has 0 aromatic heterocycles. The van der Waals surface area contributed by atoms with Crippen molar-refractivity contribution in [2.45, 2.75) is 20.3 Å². The smallest absolute Gasteiger partial charge is 0.0251 e. The first-order valence-corrected chi connectivity index (χ1v) is 5.07. The lowest BCUT2D eigenvalue weighted by Gasteiger charge is -1.98. The van der Waals surface area contributed by atoms with Gasteiger partial charge in [0.15, 0.2) is 0 Å². The van der Waals surface area contributed by atoms with Gasteiger partial charge in [0.2, 0.25) is 0 Å². The van der Waals surface area contributed by atoms with Gasteiger partial charge < -0.3 is 0 Å². The van der Waals surface area contributed by atoms with Crippen LogP contribution in [0.2, 0.25) is 0 Å². The average molecular weight is 182 g/mol. The van der Waals surface area contributed by atoms with Crippen LogP contribution in [0.25, 0.3) is 6.08 Å². The maximum absolute atomic E-state index is 3.19. The minimum Gasteiger partial charge on any atom is -0.0951 e. The molecule has 1 aliphatic rings. The fourth-order valence-corrected chi connectivity index (χ4v) is 1.55. The molecule has 2 rings (SSSR count). The molecule has 0 nitrogen and oxygen atoms in total. The molecule has 0 N–H and O–H groups in total. The van der Waals surface area contributed by atoms with Gasteiger partial charge in [0.1, 0.15) is 0 Å². The largest absolute Gasteiger partial charge is 0.0951 e. The first-order chi connectivity index (χ1) is 6.75. The molecule has 14 heavy (non-hydrogen) atoms. The van der Waals surface area contributed by atoms with Crippen LogP contribution in [0.5, 0.6) is 0 Å². The van der Waals surface area contributed by atoms with Gasteiger partial charge in [-0.05, 0) is 29.7 Å². The van der Waals surface area contributed by atoms with Crippen LogP contribution < -0.4 is 0 Å². The summed E-state index contributed by atoms with van der Waals surface area (Å²) in [6.45, 7) is 4.22. The van der Waals surface area contributed by atoms with Crippen LogP contribution in [0, 0.1) is 17.8 Å². The third-order valence-electron chi connectivity index (χ3n) is 2.29. The molecule has 0 atom stereocenters. The maximum Gasteiger partial charge on any atom is 0.0251 e. The van der Waals surface area contributed by atoms with Crippen molar-refractivity contribution in [2.75, 3.05) is 0 Å². The van der Waals surface area contributed by atoms with Crippen LogP contribution in [0.3, 0.4) is 0 Å². The quantitative estimate of drug-likeness (QED) is 0.540. The Morgan fingerprint density at radius 3 is 2.93 bits per heavy atom. The zero-order valence-electron chi connectivity index (χ0n) is 8.67. The van der Waals surface area contributed by atoms with Crippen molar-refractivity contribution in [3.05, 3.63) is 41.0 Å². The summed E-state index contributed by atoms with van der Waals surface area (Å²) in [6.07, 6.45) is 5.45.